The van der Waals surface area contributed by atoms with Crippen LogP contribution in [0.3, 0.4) is 0 Å². The Balaban J connectivity index is 1.85. The van der Waals surface area contributed by atoms with Gasteiger partial charge in [-0.2, -0.15) is 0 Å². The fourth-order valence-corrected chi connectivity index (χ4v) is 1.68. The van der Waals surface area contributed by atoms with Crippen LogP contribution < -0.4 is 14.2 Å². The van der Waals surface area contributed by atoms with E-state index < -0.39 is 6.29 Å². The van der Waals surface area contributed by atoms with Crippen LogP contribution in [0.4, 0.5) is 8.78 Å². The summed E-state index contributed by atoms with van der Waals surface area (Å²) in [7, 11) is 0. The molecule has 1 aliphatic heterocycles. The average molecular weight is 265 g/mol. The first kappa shape index (κ1) is 11.7. The zero-order valence-corrected chi connectivity index (χ0v) is 9.89. The van der Waals surface area contributed by atoms with Crippen molar-refractivity contribution in [2.75, 3.05) is 0 Å². The number of alkyl halides is 2. The van der Waals surface area contributed by atoms with Crippen LogP contribution in [-0.2, 0) is 0 Å². The minimum atomic E-state index is -3.62. The Morgan fingerprint density at radius 2 is 1.89 bits per heavy atom. The summed E-state index contributed by atoms with van der Waals surface area (Å²) in [6.07, 6.45) is -2.02. The van der Waals surface area contributed by atoms with Crippen LogP contribution in [-0.4, -0.2) is 11.3 Å². The number of aryl methyl sites for hydroxylation is 1. The van der Waals surface area contributed by atoms with E-state index in [9.17, 15) is 8.78 Å². The Morgan fingerprint density at radius 3 is 2.68 bits per heavy atom. The number of fused-ring (bicyclic) bond motifs is 1. The summed E-state index contributed by atoms with van der Waals surface area (Å²) < 4.78 is 39.8. The summed E-state index contributed by atoms with van der Waals surface area (Å²) in [4.78, 5) is 4.01. The minimum Gasteiger partial charge on any atom is -0.439 e. The number of hydrogen-bond donors (Lipinski definition) is 0. The number of benzene rings is 1. The number of rotatable bonds is 2. The maximum Gasteiger partial charge on any atom is 0.586 e. The Morgan fingerprint density at radius 1 is 1.11 bits per heavy atom. The molecule has 6 heteroatoms. The van der Waals surface area contributed by atoms with E-state index in [0.717, 1.165) is 5.56 Å². The predicted octanol–water partition coefficient (Wildman–Crippen LogP) is 3.50. The average Bonchev–Trinajstić information content (AvgIpc) is 2.62. The Kier molecular flexibility index (Phi) is 2.51. The van der Waals surface area contributed by atoms with E-state index in [-0.39, 0.29) is 11.5 Å². The monoisotopic (exact) mass is 265 g/mol. The second kappa shape index (κ2) is 4.08. The van der Waals surface area contributed by atoms with E-state index >= 15 is 0 Å². The van der Waals surface area contributed by atoms with Gasteiger partial charge < -0.3 is 14.2 Å². The van der Waals surface area contributed by atoms with E-state index in [1.807, 2.05) is 13.0 Å². The van der Waals surface area contributed by atoms with Crippen molar-refractivity contribution < 1.29 is 23.0 Å². The van der Waals surface area contributed by atoms with Crippen molar-refractivity contribution in [3.63, 3.8) is 0 Å². The van der Waals surface area contributed by atoms with Crippen LogP contribution in [0.1, 0.15) is 5.56 Å². The molecule has 0 aliphatic carbocycles. The molecule has 3 rings (SSSR count). The highest BCUT2D eigenvalue weighted by molar-refractivity contribution is 5.48. The molecule has 0 bridgehead atoms. The second-order valence-electron chi connectivity index (χ2n) is 4.05. The molecule has 0 unspecified atom stereocenters. The number of ether oxygens (including phenoxy) is 3. The van der Waals surface area contributed by atoms with Gasteiger partial charge in [-0.15, -0.1) is 8.78 Å². The topological polar surface area (TPSA) is 40.6 Å². The molecule has 19 heavy (non-hydrogen) atoms. The lowest BCUT2D eigenvalue weighted by Crippen LogP contribution is -2.25. The van der Waals surface area contributed by atoms with E-state index in [0.29, 0.717) is 11.6 Å². The fraction of sp³-hybridized carbons (Fsp3) is 0.154. The van der Waals surface area contributed by atoms with Gasteiger partial charge in [-0.05, 0) is 30.7 Å². The normalized spacial score (nSPS) is 15.3. The number of halogens is 2. The molecule has 0 fully saturated rings. The number of hydrogen-bond acceptors (Lipinski definition) is 4. The van der Waals surface area contributed by atoms with Gasteiger partial charge in [-0.3, -0.25) is 0 Å². The predicted molar refractivity (Wildman–Crippen MR) is 61.7 cm³/mol. The maximum atomic E-state index is 12.9. The van der Waals surface area contributed by atoms with E-state index in [1.54, 1.807) is 12.3 Å². The molecule has 4 nitrogen and oxygen atoms in total. The maximum absolute atomic E-state index is 12.9. The lowest BCUT2D eigenvalue weighted by Gasteiger charge is -2.05. The number of pyridine rings is 1. The molecule has 2 heterocycles. The quantitative estimate of drug-likeness (QED) is 0.833. The highest BCUT2D eigenvalue weighted by atomic mass is 19.3. The van der Waals surface area contributed by atoms with Crippen molar-refractivity contribution in [1.29, 1.82) is 0 Å². The Bertz CT molecular complexity index is 631. The van der Waals surface area contributed by atoms with Crippen LogP contribution in [0.25, 0.3) is 0 Å². The first-order valence-electron chi connectivity index (χ1n) is 5.52. The highest BCUT2D eigenvalue weighted by Crippen LogP contribution is 2.43. The lowest BCUT2D eigenvalue weighted by atomic mass is 10.3. The largest absolute Gasteiger partial charge is 0.586 e. The summed E-state index contributed by atoms with van der Waals surface area (Å²) in [5.74, 6) is 0.647. The van der Waals surface area contributed by atoms with Crippen molar-refractivity contribution in [3.05, 3.63) is 42.1 Å². The molecule has 0 amide bonds. The molecule has 1 aromatic carbocycles. The van der Waals surface area contributed by atoms with E-state index in [1.165, 1.54) is 18.2 Å². The van der Waals surface area contributed by atoms with E-state index in [4.69, 9.17) is 4.74 Å². The third kappa shape index (κ3) is 2.42. The van der Waals surface area contributed by atoms with Gasteiger partial charge in [0.05, 0.1) is 0 Å². The van der Waals surface area contributed by atoms with Crippen molar-refractivity contribution in [3.8, 4) is 23.1 Å². The standard InChI is InChI=1S/C13H9F2NO3/c1-8-4-5-16-12(6-8)17-9-2-3-10-11(7-9)19-13(14,15)18-10/h2-7H,1H3. The molecule has 98 valence electrons. The van der Waals surface area contributed by atoms with Crippen LogP contribution in [0, 0.1) is 6.92 Å². The summed E-state index contributed by atoms with van der Waals surface area (Å²) in [6.45, 7) is 1.90. The van der Waals surface area contributed by atoms with Gasteiger partial charge in [0.1, 0.15) is 5.75 Å². The molecule has 1 aromatic heterocycles. The molecule has 0 N–H and O–H groups in total. The van der Waals surface area contributed by atoms with Crippen molar-refractivity contribution >= 4 is 0 Å². The van der Waals surface area contributed by atoms with Crippen LogP contribution in [0.2, 0.25) is 0 Å². The zero-order valence-electron chi connectivity index (χ0n) is 9.89. The molecule has 0 radical (unpaired) electrons. The third-order valence-corrected chi connectivity index (χ3v) is 2.49. The van der Waals surface area contributed by atoms with Gasteiger partial charge in [0.2, 0.25) is 5.88 Å². The van der Waals surface area contributed by atoms with E-state index in [2.05, 4.69) is 14.5 Å². The number of nitrogens with zero attached hydrogens (tertiary/aromatic N) is 1. The van der Waals surface area contributed by atoms with Crippen molar-refractivity contribution in [1.82, 2.24) is 4.98 Å². The Labute approximate surface area is 107 Å². The smallest absolute Gasteiger partial charge is 0.439 e. The first-order chi connectivity index (χ1) is 9.02. The zero-order chi connectivity index (χ0) is 13.5. The van der Waals surface area contributed by atoms with Gasteiger partial charge in [-0.25, -0.2) is 4.98 Å². The van der Waals surface area contributed by atoms with Crippen molar-refractivity contribution in [2.24, 2.45) is 0 Å². The van der Waals surface area contributed by atoms with Crippen LogP contribution in [0.5, 0.6) is 23.1 Å². The first-order valence-corrected chi connectivity index (χ1v) is 5.52. The molecule has 0 spiro atoms. The summed E-state index contributed by atoms with van der Waals surface area (Å²) in [5.41, 5.74) is 0.984. The van der Waals surface area contributed by atoms with Crippen LogP contribution in [0.15, 0.2) is 36.5 Å². The summed E-state index contributed by atoms with van der Waals surface area (Å²) in [6, 6.07) is 7.77. The van der Waals surface area contributed by atoms with Gasteiger partial charge in [0.25, 0.3) is 0 Å². The lowest BCUT2D eigenvalue weighted by molar-refractivity contribution is -0.286. The molecule has 1 aliphatic rings. The third-order valence-electron chi connectivity index (χ3n) is 2.49. The Hall–Kier alpha value is -2.37. The second-order valence-corrected chi connectivity index (χ2v) is 4.05. The van der Waals surface area contributed by atoms with Gasteiger partial charge in [0, 0.05) is 18.3 Å². The van der Waals surface area contributed by atoms with Gasteiger partial charge >= 0.3 is 6.29 Å². The number of aromatic nitrogens is 1. The highest BCUT2D eigenvalue weighted by Gasteiger charge is 2.43. The van der Waals surface area contributed by atoms with Gasteiger partial charge in [0.15, 0.2) is 11.5 Å². The molecule has 0 saturated carbocycles. The molecular weight excluding hydrogens is 256 g/mol. The van der Waals surface area contributed by atoms with Crippen LogP contribution >= 0.6 is 0 Å². The SMILES string of the molecule is Cc1ccnc(Oc2ccc3c(c2)OC(F)(F)O3)c1. The molecular formula is C13H9F2NO3. The fourth-order valence-electron chi connectivity index (χ4n) is 1.68. The molecule has 0 atom stereocenters. The summed E-state index contributed by atoms with van der Waals surface area (Å²) in [5, 5.41) is 0. The minimum absolute atomic E-state index is 0.0189. The summed E-state index contributed by atoms with van der Waals surface area (Å²) >= 11 is 0. The molecule has 0 saturated heterocycles. The molecule has 2 aromatic rings. The van der Waals surface area contributed by atoms with Gasteiger partial charge in [-0.1, -0.05) is 0 Å². The van der Waals surface area contributed by atoms with Crippen molar-refractivity contribution in [2.45, 2.75) is 13.2 Å².